The molecule has 2 unspecified atom stereocenters. The van der Waals surface area contributed by atoms with Crippen LogP contribution >= 0.6 is 0 Å². The minimum absolute atomic E-state index is 0.201. The average molecular weight is 141 g/mol. The van der Waals surface area contributed by atoms with Gasteiger partial charge in [0.15, 0.2) is 0 Å². The van der Waals surface area contributed by atoms with Crippen LogP contribution in [-0.2, 0) is 0 Å². The molecule has 10 heavy (non-hydrogen) atoms. The van der Waals surface area contributed by atoms with Gasteiger partial charge in [0, 0.05) is 0 Å². The van der Waals surface area contributed by atoms with Crippen molar-refractivity contribution in [2.45, 2.75) is 39.2 Å². The first-order valence-corrected chi connectivity index (χ1v) is 3.64. The van der Waals surface area contributed by atoms with Crippen molar-refractivity contribution < 1.29 is 5.11 Å². The Balaban J connectivity index is 3.98. The van der Waals surface area contributed by atoms with Gasteiger partial charge in [0.2, 0.25) is 0 Å². The lowest BCUT2D eigenvalue weighted by Gasteiger charge is -2.26. The molecule has 0 spiro atoms. The van der Waals surface area contributed by atoms with Gasteiger partial charge in [-0.05, 0) is 12.8 Å². The number of aliphatic hydroxyl groups is 1. The fraction of sp³-hybridized carbons (Fsp3) is 0.875. The van der Waals surface area contributed by atoms with E-state index in [1.807, 2.05) is 19.9 Å². The van der Waals surface area contributed by atoms with Gasteiger partial charge < -0.3 is 5.11 Å². The van der Waals surface area contributed by atoms with Crippen LogP contribution in [0.25, 0.3) is 0 Å². The molecule has 0 saturated carbocycles. The largest absolute Gasteiger partial charge is 0.389 e. The summed E-state index contributed by atoms with van der Waals surface area (Å²) in [7, 11) is 0. The minimum atomic E-state index is -0.802. The number of rotatable bonds is 3. The smallest absolute Gasteiger partial charge is 0.0774 e. The van der Waals surface area contributed by atoms with E-state index in [1.54, 1.807) is 6.92 Å². The highest BCUT2D eigenvalue weighted by atomic mass is 16.3. The van der Waals surface area contributed by atoms with Crippen molar-refractivity contribution in [3.05, 3.63) is 0 Å². The van der Waals surface area contributed by atoms with Crippen LogP contribution in [0.3, 0.4) is 0 Å². The quantitative estimate of drug-likeness (QED) is 0.650. The Morgan fingerprint density at radius 1 is 1.70 bits per heavy atom. The van der Waals surface area contributed by atoms with Crippen molar-refractivity contribution >= 4 is 0 Å². The van der Waals surface area contributed by atoms with E-state index in [9.17, 15) is 5.11 Å². The van der Waals surface area contributed by atoms with Crippen LogP contribution in [0.2, 0.25) is 0 Å². The molecule has 0 fully saturated rings. The predicted octanol–water partition coefficient (Wildman–Crippen LogP) is 1.70. The van der Waals surface area contributed by atoms with E-state index in [1.165, 1.54) is 0 Å². The van der Waals surface area contributed by atoms with Crippen LogP contribution in [0.4, 0.5) is 0 Å². The summed E-state index contributed by atoms with van der Waals surface area (Å²) >= 11 is 0. The molecule has 0 aliphatic rings. The molecule has 2 heteroatoms. The normalized spacial score (nSPS) is 19.1. The van der Waals surface area contributed by atoms with Crippen LogP contribution in [-0.4, -0.2) is 10.7 Å². The number of hydrogen-bond acceptors (Lipinski definition) is 2. The maximum Gasteiger partial charge on any atom is 0.0774 e. The minimum Gasteiger partial charge on any atom is -0.389 e. The van der Waals surface area contributed by atoms with E-state index in [0.29, 0.717) is 0 Å². The molecule has 0 aromatic rings. The molecule has 0 aliphatic heterocycles. The lowest BCUT2D eigenvalue weighted by Crippen LogP contribution is -2.31. The highest BCUT2D eigenvalue weighted by molar-refractivity contribution is 4.88. The topological polar surface area (TPSA) is 44.0 Å². The Labute approximate surface area is 62.5 Å². The van der Waals surface area contributed by atoms with Gasteiger partial charge in [-0.15, -0.1) is 0 Å². The van der Waals surface area contributed by atoms with Crippen LogP contribution in [0.1, 0.15) is 33.6 Å². The van der Waals surface area contributed by atoms with E-state index in [4.69, 9.17) is 5.26 Å². The van der Waals surface area contributed by atoms with Gasteiger partial charge in [-0.25, -0.2) is 0 Å². The molecule has 2 nitrogen and oxygen atoms in total. The van der Waals surface area contributed by atoms with Crippen molar-refractivity contribution in [2.75, 3.05) is 0 Å². The lowest BCUT2D eigenvalue weighted by atomic mass is 9.86. The van der Waals surface area contributed by atoms with Gasteiger partial charge >= 0.3 is 0 Å². The molecule has 1 N–H and O–H groups in total. The Bertz CT molecular complexity index is 135. The van der Waals surface area contributed by atoms with Gasteiger partial charge in [-0.3, -0.25) is 0 Å². The van der Waals surface area contributed by atoms with Gasteiger partial charge in [0.1, 0.15) is 0 Å². The van der Waals surface area contributed by atoms with E-state index in [0.717, 1.165) is 6.42 Å². The second-order valence-corrected chi connectivity index (χ2v) is 3.00. The molecule has 0 bridgehead atoms. The predicted molar refractivity (Wildman–Crippen MR) is 40.3 cm³/mol. The standard InChI is InChI=1S/C8H15NO/c1-4-7(2)8(3,10)5-6-9/h7,10H,4-5H2,1-3H3. The summed E-state index contributed by atoms with van der Waals surface area (Å²) in [6, 6.07) is 1.97. The zero-order valence-electron chi connectivity index (χ0n) is 6.89. The van der Waals surface area contributed by atoms with E-state index >= 15 is 0 Å². The van der Waals surface area contributed by atoms with Crippen molar-refractivity contribution in [3.8, 4) is 6.07 Å². The zero-order valence-corrected chi connectivity index (χ0v) is 6.89. The van der Waals surface area contributed by atoms with Gasteiger partial charge in [-0.2, -0.15) is 5.26 Å². The van der Waals surface area contributed by atoms with Crippen molar-refractivity contribution in [2.24, 2.45) is 5.92 Å². The third kappa shape index (κ3) is 2.36. The average Bonchev–Trinajstić information content (AvgIpc) is 1.86. The molecule has 0 aliphatic carbocycles. The third-order valence-electron chi connectivity index (χ3n) is 2.11. The maximum absolute atomic E-state index is 9.56. The molecule has 0 aromatic heterocycles. The second-order valence-electron chi connectivity index (χ2n) is 3.00. The third-order valence-corrected chi connectivity index (χ3v) is 2.11. The number of nitriles is 1. The Hall–Kier alpha value is -0.550. The van der Waals surface area contributed by atoms with Crippen molar-refractivity contribution in [3.63, 3.8) is 0 Å². The molecular formula is C8H15NO. The molecule has 0 amide bonds. The van der Waals surface area contributed by atoms with Crippen molar-refractivity contribution in [1.82, 2.24) is 0 Å². The molecular weight excluding hydrogens is 126 g/mol. The second kappa shape index (κ2) is 3.58. The van der Waals surface area contributed by atoms with Crippen LogP contribution in [0.15, 0.2) is 0 Å². The molecule has 0 radical (unpaired) electrons. The molecule has 2 atom stereocenters. The Morgan fingerprint density at radius 3 is 2.50 bits per heavy atom. The van der Waals surface area contributed by atoms with E-state index in [-0.39, 0.29) is 12.3 Å². The Morgan fingerprint density at radius 2 is 2.20 bits per heavy atom. The highest BCUT2D eigenvalue weighted by Gasteiger charge is 2.26. The van der Waals surface area contributed by atoms with Crippen LogP contribution in [0, 0.1) is 17.2 Å². The molecule has 58 valence electrons. The highest BCUT2D eigenvalue weighted by Crippen LogP contribution is 2.22. The Kier molecular flexibility index (Phi) is 3.38. The van der Waals surface area contributed by atoms with Gasteiger partial charge in [0.25, 0.3) is 0 Å². The summed E-state index contributed by atoms with van der Waals surface area (Å²) in [5, 5.41) is 17.9. The first-order chi connectivity index (χ1) is 4.54. The fourth-order valence-electron chi connectivity index (χ4n) is 0.774. The SMILES string of the molecule is CCC(C)C(C)(O)CC#N. The summed E-state index contributed by atoms with van der Waals surface area (Å²) in [4.78, 5) is 0. The van der Waals surface area contributed by atoms with E-state index < -0.39 is 5.60 Å². The maximum atomic E-state index is 9.56. The summed E-state index contributed by atoms with van der Waals surface area (Å²) in [5.41, 5.74) is -0.802. The summed E-state index contributed by atoms with van der Waals surface area (Å²) < 4.78 is 0. The molecule has 0 rings (SSSR count). The van der Waals surface area contributed by atoms with Gasteiger partial charge in [0.05, 0.1) is 18.1 Å². The fourth-order valence-corrected chi connectivity index (χ4v) is 0.774. The van der Waals surface area contributed by atoms with E-state index in [2.05, 4.69) is 0 Å². The zero-order chi connectivity index (χ0) is 8.20. The summed E-state index contributed by atoms with van der Waals surface area (Å²) in [5.74, 6) is 0.201. The monoisotopic (exact) mass is 141 g/mol. The lowest BCUT2D eigenvalue weighted by molar-refractivity contribution is 0.00929. The first kappa shape index (κ1) is 9.45. The molecule has 0 aromatic carbocycles. The molecule has 0 heterocycles. The number of nitrogens with zero attached hydrogens (tertiary/aromatic N) is 1. The van der Waals surface area contributed by atoms with Gasteiger partial charge in [-0.1, -0.05) is 20.3 Å². The molecule has 0 saturated heterocycles. The summed E-state index contributed by atoms with van der Waals surface area (Å²) in [6.07, 6.45) is 1.14. The van der Waals surface area contributed by atoms with Crippen molar-refractivity contribution in [1.29, 1.82) is 5.26 Å². The summed E-state index contributed by atoms with van der Waals surface area (Å²) in [6.45, 7) is 5.68. The van der Waals surface area contributed by atoms with Crippen LogP contribution < -0.4 is 0 Å². The first-order valence-electron chi connectivity index (χ1n) is 3.64. The van der Waals surface area contributed by atoms with Crippen LogP contribution in [0.5, 0.6) is 0 Å². The number of hydrogen-bond donors (Lipinski definition) is 1.